The third-order valence-electron chi connectivity index (χ3n) is 5.66. The molecule has 4 rings (SSSR count). The minimum Gasteiger partial charge on any atom is -0.472 e. The maximum Gasteiger partial charge on any atom is 0.216 e. The molecule has 1 unspecified atom stereocenters. The fourth-order valence-electron chi connectivity index (χ4n) is 4.06. The third-order valence-corrected chi connectivity index (χ3v) is 5.66. The van der Waals surface area contributed by atoms with Crippen LogP contribution in [0, 0.1) is 6.92 Å². The Morgan fingerprint density at radius 2 is 1.97 bits per heavy atom. The minimum atomic E-state index is 0.0810. The van der Waals surface area contributed by atoms with Gasteiger partial charge in [-0.05, 0) is 49.2 Å². The van der Waals surface area contributed by atoms with Gasteiger partial charge < -0.3 is 24.2 Å². The van der Waals surface area contributed by atoms with E-state index >= 15 is 0 Å². The lowest BCUT2D eigenvalue weighted by atomic mass is 10.1. The highest BCUT2D eigenvalue weighted by atomic mass is 16.5. The molecule has 2 aromatic carbocycles. The molecule has 1 saturated heterocycles. The Kier molecular flexibility index (Phi) is 7.24. The lowest BCUT2D eigenvalue weighted by molar-refractivity contribution is 0.182. The molecule has 0 spiro atoms. The van der Waals surface area contributed by atoms with Crippen molar-refractivity contribution in [2.75, 3.05) is 31.7 Å². The standard InChI is InChI=1S/C26H30N2O4/c1-19-6-5-13-27-26(19)32-23-11-14-28(17-23)24-10-9-22(16-20(24)12-15-29)31-25-8-4-3-7-21(25)18-30-2/h3-10,13,16,23,29H,11-12,14-15,17-18H2,1-2H3. The number of pyridine rings is 1. The highest BCUT2D eigenvalue weighted by molar-refractivity contribution is 5.58. The molecule has 3 aromatic rings. The fourth-order valence-corrected chi connectivity index (χ4v) is 4.06. The molecule has 6 heteroatoms. The maximum atomic E-state index is 9.65. The van der Waals surface area contributed by atoms with Gasteiger partial charge in [0.15, 0.2) is 0 Å². The van der Waals surface area contributed by atoms with Crippen molar-refractivity contribution in [3.05, 3.63) is 77.5 Å². The monoisotopic (exact) mass is 434 g/mol. The van der Waals surface area contributed by atoms with Crippen LogP contribution < -0.4 is 14.4 Å². The second kappa shape index (κ2) is 10.5. The first kappa shape index (κ1) is 22.1. The first-order chi connectivity index (χ1) is 15.7. The smallest absolute Gasteiger partial charge is 0.216 e. The summed E-state index contributed by atoms with van der Waals surface area (Å²) in [6.45, 7) is 4.26. The fraction of sp³-hybridized carbons (Fsp3) is 0.346. The summed E-state index contributed by atoms with van der Waals surface area (Å²) in [6.07, 6.45) is 3.34. The van der Waals surface area contributed by atoms with Gasteiger partial charge in [0.1, 0.15) is 17.6 Å². The highest BCUT2D eigenvalue weighted by Crippen LogP contribution is 2.33. The van der Waals surface area contributed by atoms with Gasteiger partial charge in [-0.1, -0.05) is 24.3 Å². The van der Waals surface area contributed by atoms with E-state index in [0.717, 1.165) is 53.4 Å². The number of hydrogen-bond acceptors (Lipinski definition) is 6. The molecule has 0 amide bonds. The van der Waals surface area contributed by atoms with E-state index < -0.39 is 0 Å². The van der Waals surface area contributed by atoms with Gasteiger partial charge in [0, 0.05) is 49.7 Å². The number of rotatable bonds is 9. The van der Waals surface area contributed by atoms with E-state index in [1.165, 1.54) is 0 Å². The first-order valence-electron chi connectivity index (χ1n) is 11.0. The van der Waals surface area contributed by atoms with E-state index in [1.807, 2.05) is 55.5 Å². The van der Waals surface area contributed by atoms with E-state index in [9.17, 15) is 5.11 Å². The molecule has 0 aliphatic carbocycles. The Balaban J connectivity index is 1.49. The second-order valence-electron chi connectivity index (χ2n) is 8.01. The summed E-state index contributed by atoms with van der Waals surface area (Å²) in [5.41, 5.74) is 4.21. The van der Waals surface area contributed by atoms with Crippen LogP contribution in [0.5, 0.6) is 17.4 Å². The maximum absolute atomic E-state index is 9.65. The number of benzene rings is 2. The molecule has 1 fully saturated rings. The van der Waals surface area contributed by atoms with Crippen LogP contribution in [0.2, 0.25) is 0 Å². The summed E-state index contributed by atoms with van der Waals surface area (Å²) in [6, 6.07) is 17.9. The van der Waals surface area contributed by atoms with Crippen molar-refractivity contribution in [2.45, 2.75) is 32.5 Å². The largest absolute Gasteiger partial charge is 0.472 e. The van der Waals surface area contributed by atoms with E-state index in [-0.39, 0.29) is 12.7 Å². The number of aromatic nitrogens is 1. The Bertz CT molecular complexity index is 1040. The van der Waals surface area contributed by atoms with Crippen molar-refractivity contribution in [3.63, 3.8) is 0 Å². The lowest BCUT2D eigenvalue weighted by Crippen LogP contribution is -2.26. The number of aryl methyl sites for hydroxylation is 1. The summed E-state index contributed by atoms with van der Waals surface area (Å²) in [4.78, 5) is 6.68. The average Bonchev–Trinajstić information content (AvgIpc) is 3.26. The number of nitrogens with zero attached hydrogens (tertiary/aromatic N) is 2. The van der Waals surface area contributed by atoms with Crippen molar-refractivity contribution >= 4 is 5.69 Å². The molecular weight excluding hydrogens is 404 g/mol. The molecule has 0 saturated carbocycles. The summed E-state index contributed by atoms with van der Waals surface area (Å²) in [5, 5.41) is 9.65. The zero-order valence-electron chi connectivity index (χ0n) is 18.7. The number of aliphatic hydroxyl groups is 1. The van der Waals surface area contributed by atoms with Gasteiger partial charge in [-0.3, -0.25) is 0 Å². The van der Waals surface area contributed by atoms with E-state index in [2.05, 4.69) is 16.0 Å². The van der Waals surface area contributed by atoms with E-state index in [1.54, 1.807) is 13.3 Å². The second-order valence-corrected chi connectivity index (χ2v) is 8.01. The van der Waals surface area contributed by atoms with Crippen molar-refractivity contribution in [3.8, 4) is 17.4 Å². The highest BCUT2D eigenvalue weighted by Gasteiger charge is 2.26. The van der Waals surface area contributed by atoms with Gasteiger partial charge in [0.05, 0.1) is 13.2 Å². The Hall–Kier alpha value is -3.09. The van der Waals surface area contributed by atoms with Gasteiger partial charge in [0.2, 0.25) is 5.88 Å². The lowest BCUT2D eigenvalue weighted by Gasteiger charge is -2.23. The molecule has 0 radical (unpaired) electrons. The summed E-state index contributed by atoms with van der Waals surface area (Å²) < 4.78 is 17.6. The third kappa shape index (κ3) is 5.21. The SMILES string of the molecule is COCc1ccccc1Oc1ccc(N2CCC(Oc3ncccc3C)C2)c(CCO)c1. The van der Waals surface area contributed by atoms with Crippen LogP contribution in [0.25, 0.3) is 0 Å². The van der Waals surface area contributed by atoms with Crippen molar-refractivity contribution < 1.29 is 19.3 Å². The van der Waals surface area contributed by atoms with Crippen LogP contribution in [0.1, 0.15) is 23.1 Å². The molecule has 1 aromatic heterocycles. The first-order valence-corrected chi connectivity index (χ1v) is 11.0. The summed E-state index contributed by atoms with van der Waals surface area (Å²) in [7, 11) is 1.67. The molecule has 2 heterocycles. The van der Waals surface area contributed by atoms with Gasteiger partial charge in [-0.15, -0.1) is 0 Å². The quantitative estimate of drug-likeness (QED) is 0.534. The average molecular weight is 435 g/mol. The van der Waals surface area contributed by atoms with Gasteiger partial charge in [-0.25, -0.2) is 4.98 Å². The zero-order valence-corrected chi connectivity index (χ0v) is 18.7. The number of ether oxygens (including phenoxy) is 3. The predicted octanol–water partition coefficient (Wildman–Crippen LogP) is 4.52. The molecule has 1 aliphatic rings. The number of methoxy groups -OCH3 is 1. The van der Waals surface area contributed by atoms with E-state index in [4.69, 9.17) is 14.2 Å². The molecule has 1 atom stereocenters. The number of para-hydroxylation sites is 1. The van der Waals surface area contributed by atoms with Crippen molar-refractivity contribution in [1.29, 1.82) is 0 Å². The van der Waals surface area contributed by atoms with Crippen molar-refractivity contribution in [1.82, 2.24) is 4.98 Å². The Morgan fingerprint density at radius 1 is 1.09 bits per heavy atom. The van der Waals surface area contributed by atoms with Crippen LogP contribution >= 0.6 is 0 Å². The van der Waals surface area contributed by atoms with Gasteiger partial charge >= 0.3 is 0 Å². The number of aliphatic hydroxyl groups excluding tert-OH is 1. The minimum absolute atomic E-state index is 0.0810. The topological polar surface area (TPSA) is 64.1 Å². The molecule has 1 N–H and O–H groups in total. The van der Waals surface area contributed by atoms with Crippen LogP contribution in [-0.2, 0) is 17.8 Å². The Morgan fingerprint density at radius 3 is 2.78 bits per heavy atom. The molecule has 32 heavy (non-hydrogen) atoms. The van der Waals surface area contributed by atoms with Crippen molar-refractivity contribution in [2.24, 2.45) is 0 Å². The number of anilines is 1. The Labute approximate surface area is 189 Å². The van der Waals surface area contributed by atoms with Crippen LogP contribution in [-0.4, -0.2) is 43.0 Å². The van der Waals surface area contributed by atoms with Crippen LogP contribution in [0.4, 0.5) is 5.69 Å². The van der Waals surface area contributed by atoms with E-state index in [0.29, 0.717) is 18.9 Å². The van der Waals surface area contributed by atoms with Crippen LogP contribution in [0.3, 0.4) is 0 Å². The molecule has 6 nitrogen and oxygen atoms in total. The molecular formula is C26H30N2O4. The molecule has 0 bridgehead atoms. The summed E-state index contributed by atoms with van der Waals surface area (Å²) >= 11 is 0. The zero-order chi connectivity index (χ0) is 22.3. The normalized spacial score (nSPS) is 15.7. The molecule has 168 valence electrons. The summed E-state index contributed by atoms with van der Waals surface area (Å²) in [5.74, 6) is 2.22. The number of hydrogen-bond donors (Lipinski definition) is 1. The molecule has 1 aliphatic heterocycles. The van der Waals surface area contributed by atoms with Crippen LogP contribution in [0.15, 0.2) is 60.8 Å². The predicted molar refractivity (Wildman–Crippen MR) is 125 cm³/mol. The van der Waals surface area contributed by atoms with Gasteiger partial charge in [0.25, 0.3) is 0 Å². The van der Waals surface area contributed by atoms with Gasteiger partial charge in [-0.2, -0.15) is 0 Å².